The Bertz CT molecular complexity index is 801. The Labute approximate surface area is 154 Å². The second-order valence-electron chi connectivity index (χ2n) is 9.05. The fourth-order valence-electron chi connectivity index (χ4n) is 6.47. The summed E-state index contributed by atoms with van der Waals surface area (Å²) in [6.45, 7) is 0. The van der Waals surface area contributed by atoms with Crippen molar-refractivity contribution in [2.45, 2.75) is 57.0 Å². The van der Waals surface area contributed by atoms with Crippen LogP contribution in [0, 0.1) is 17.3 Å². The molecule has 2 atom stereocenters. The molecule has 0 radical (unpaired) electrons. The molecule has 4 aliphatic rings. The van der Waals surface area contributed by atoms with Crippen LogP contribution in [0.5, 0.6) is 5.75 Å². The third-order valence-corrected chi connectivity index (χ3v) is 6.81. The van der Waals surface area contributed by atoms with Crippen LogP contribution in [0.3, 0.4) is 0 Å². The van der Waals surface area contributed by atoms with E-state index >= 15 is 0 Å². The van der Waals surface area contributed by atoms with Crippen LogP contribution < -0.4 is 4.74 Å². The molecule has 1 aromatic carbocycles. The van der Waals surface area contributed by atoms with E-state index < -0.39 is 5.60 Å². The molecule has 4 bridgehead atoms. The Balaban J connectivity index is 1.33. The minimum absolute atomic E-state index is 0.211. The molecule has 1 heterocycles. The summed E-state index contributed by atoms with van der Waals surface area (Å²) in [5.41, 5.74) is 0.908. The average molecular weight is 353 g/mol. The molecule has 4 fully saturated rings. The minimum atomic E-state index is -0.416. The van der Waals surface area contributed by atoms with Crippen molar-refractivity contribution in [3.8, 4) is 5.75 Å². The molecule has 0 amide bonds. The summed E-state index contributed by atoms with van der Waals surface area (Å²) in [6, 6.07) is 8.04. The van der Waals surface area contributed by atoms with Crippen LogP contribution in [0.1, 0.15) is 55.7 Å². The molecule has 2 N–H and O–H groups in total. The molecule has 2 unspecified atom stereocenters. The normalized spacial score (nSPS) is 35.0. The van der Waals surface area contributed by atoms with Crippen molar-refractivity contribution in [1.29, 1.82) is 0 Å². The van der Waals surface area contributed by atoms with E-state index in [2.05, 4.69) is 16.3 Å². The number of aromatic nitrogens is 3. The second-order valence-corrected chi connectivity index (χ2v) is 9.05. The zero-order chi connectivity index (χ0) is 17.8. The number of benzene rings is 1. The van der Waals surface area contributed by atoms with Gasteiger partial charge in [-0.2, -0.15) is 5.10 Å². The highest BCUT2D eigenvalue weighted by atomic mass is 16.5. The molecular formula is C21H27N3O2. The number of nitrogens with one attached hydrogen (secondary N) is 1. The van der Waals surface area contributed by atoms with Crippen molar-refractivity contribution in [2.75, 3.05) is 7.11 Å². The Kier molecular flexibility index (Phi) is 3.64. The Morgan fingerprint density at radius 3 is 2.69 bits per heavy atom. The zero-order valence-corrected chi connectivity index (χ0v) is 15.4. The second kappa shape index (κ2) is 5.81. The van der Waals surface area contributed by atoms with Gasteiger partial charge in [-0.15, -0.1) is 0 Å². The van der Waals surface area contributed by atoms with Gasteiger partial charge < -0.3 is 9.84 Å². The van der Waals surface area contributed by atoms with Crippen LogP contribution in [0.2, 0.25) is 0 Å². The van der Waals surface area contributed by atoms with Gasteiger partial charge in [0.2, 0.25) is 0 Å². The molecule has 0 saturated heterocycles. The van der Waals surface area contributed by atoms with Crippen molar-refractivity contribution in [3.63, 3.8) is 0 Å². The fraction of sp³-hybridized carbons (Fsp3) is 0.619. The van der Waals surface area contributed by atoms with E-state index in [-0.39, 0.29) is 5.41 Å². The van der Waals surface area contributed by atoms with Gasteiger partial charge in [0, 0.05) is 18.4 Å². The Morgan fingerprint density at radius 2 is 1.96 bits per heavy atom. The smallest absolute Gasteiger partial charge is 0.151 e. The Morgan fingerprint density at radius 1 is 1.19 bits per heavy atom. The van der Waals surface area contributed by atoms with Crippen molar-refractivity contribution in [3.05, 3.63) is 41.5 Å². The van der Waals surface area contributed by atoms with E-state index in [0.29, 0.717) is 18.3 Å². The van der Waals surface area contributed by atoms with Crippen molar-refractivity contribution in [1.82, 2.24) is 15.2 Å². The molecule has 4 aliphatic carbocycles. The van der Waals surface area contributed by atoms with Gasteiger partial charge in [0.25, 0.3) is 0 Å². The van der Waals surface area contributed by atoms with E-state index in [9.17, 15) is 5.11 Å². The highest BCUT2D eigenvalue weighted by Gasteiger charge is 2.57. The lowest BCUT2D eigenvalue weighted by Crippen LogP contribution is -2.56. The van der Waals surface area contributed by atoms with Gasteiger partial charge in [-0.3, -0.25) is 5.10 Å². The van der Waals surface area contributed by atoms with Crippen LogP contribution in [0.25, 0.3) is 0 Å². The monoisotopic (exact) mass is 353 g/mol. The molecular weight excluding hydrogens is 326 g/mol. The summed E-state index contributed by atoms with van der Waals surface area (Å²) < 4.78 is 5.44. The maximum atomic E-state index is 10.9. The first-order valence-electron chi connectivity index (χ1n) is 9.79. The maximum Gasteiger partial charge on any atom is 0.151 e. The number of hydrogen-bond acceptors (Lipinski definition) is 4. The van der Waals surface area contributed by atoms with E-state index in [1.807, 2.05) is 18.2 Å². The number of rotatable bonds is 5. The van der Waals surface area contributed by atoms with Crippen LogP contribution in [0.4, 0.5) is 0 Å². The SMILES string of the molecule is COc1ccccc1Cc1nc(CC23CC4CC(CC(O)(C4)C2)C3)n[nH]1. The van der Waals surface area contributed by atoms with E-state index in [0.717, 1.165) is 48.6 Å². The van der Waals surface area contributed by atoms with Gasteiger partial charge in [-0.25, -0.2) is 4.98 Å². The molecule has 1 aromatic heterocycles. The minimum Gasteiger partial charge on any atom is -0.496 e. The summed E-state index contributed by atoms with van der Waals surface area (Å²) >= 11 is 0. The molecule has 5 heteroatoms. The molecule has 0 aliphatic heterocycles. The van der Waals surface area contributed by atoms with Crippen molar-refractivity contribution < 1.29 is 9.84 Å². The van der Waals surface area contributed by atoms with Gasteiger partial charge in [-0.1, -0.05) is 18.2 Å². The summed E-state index contributed by atoms with van der Waals surface area (Å²) in [4.78, 5) is 4.78. The first-order valence-corrected chi connectivity index (χ1v) is 9.79. The van der Waals surface area contributed by atoms with Crippen LogP contribution in [-0.4, -0.2) is 33.0 Å². The van der Waals surface area contributed by atoms with Gasteiger partial charge in [0.15, 0.2) is 5.82 Å². The number of aromatic amines is 1. The molecule has 0 spiro atoms. The highest BCUT2D eigenvalue weighted by Crippen LogP contribution is 2.62. The van der Waals surface area contributed by atoms with Crippen molar-refractivity contribution >= 4 is 0 Å². The lowest BCUT2D eigenvalue weighted by Gasteiger charge is -2.60. The predicted octanol–water partition coefficient (Wildman–Crippen LogP) is 3.28. The fourth-order valence-corrected chi connectivity index (χ4v) is 6.47. The van der Waals surface area contributed by atoms with Crippen LogP contribution in [0.15, 0.2) is 24.3 Å². The largest absolute Gasteiger partial charge is 0.496 e. The quantitative estimate of drug-likeness (QED) is 0.865. The Hall–Kier alpha value is -1.88. The first kappa shape index (κ1) is 16.3. The lowest BCUT2D eigenvalue weighted by atomic mass is 9.47. The molecule has 4 saturated carbocycles. The van der Waals surface area contributed by atoms with Gasteiger partial charge in [0.1, 0.15) is 11.6 Å². The third kappa shape index (κ3) is 2.82. The molecule has 26 heavy (non-hydrogen) atoms. The topological polar surface area (TPSA) is 71.0 Å². The van der Waals surface area contributed by atoms with E-state index in [1.54, 1.807) is 7.11 Å². The highest BCUT2D eigenvalue weighted by molar-refractivity contribution is 5.35. The number of methoxy groups -OCH3 is 1. The number of H-pyrrole nitrogens is 1. The molecule has 138 valence electrons. The first-order chi connectivity index (χ1) is 12.5. The molecule has 2 aromatic rings. The number of aliphatic hydroxyl groups is 1. The summed E-state index contributed by atoms with van der Waals surface area (Å²) in [6.07, 6.45) is 8.34. The van der Waals surface area contributed by atoms with E-state index in [1.165, 1.54) is 19.3 Å². The van der Waals surface area contributed by atoms with E-state index in [4.69, 9.17) is 9.72 Å². The van der Waals surface area contributed by atoms with Crippen LogP contribution >= 0.6 is 0 Å². The number of nitrogens with zero attached hydrogens (tertiary/aromatic N) is 2. The van der Waals surface area contributed by atoms with Gasteiger partial charge in [0.05, 0.1) is 12.7 Å². The van der Waals surface area contributed by atoms with Crippen LogP contribution in [-0.2, 0) is 12.8 Å². The number of ether oxygens (including phenoxy) is 1. The zero-order valence-electron chi connectivity index (χ0n) is 15.4. The summed E-state index contributed by atoms with van der Waals surface area (Å²) in [5, 5.41) is 18.6. The standard InChI is InChI=1S/C21H27N3O2/c1-26-17-5-3-2-4-16(17)7-18-22-19(24-23-18)12-20-8-14-6-15(9-20)11-21(25,10-14)13-20/h2-5,14-15,25H,6-13H2,1H3,(H,22,23,24). The number of para-hydroxylation sites is 1. The summed E-state index contributed by atoms with van der Waals surface area (Å²) in [7, 11) is 1.70. The summed E-state index contributed by atoms with van der Waals surface area (Å²) in [5.74, 6) is 4.07. The number of hydrogen-bond donors (Lipinski definition) is 2. The maximum absolute atomic E-state index is 10.9. The molecule has 5 nitrogen and oxygen atoms in total. The lowest BCUT2D eigenvalue weighted by molar-refractivity contribution is -0.163. The van der Waals surface area contributed by atoms with Gasteiger partial charge >= 0.3 is 0 Å². The van der Waals surface area contributed by atoms with Gasteiger partial charge in [-0.05, 0) is 61.8 Å². The predicted molar refractivity (Wildman–Crippen MR) is 98.0 cm³/mol. The average Bonchev–Trinajstić information content (AvgIpc) is 2.99. The molecule has 6 rings (SSSR count). The third-order valence-electron chi connectivity index (χ3n) is 6.81. The van der Waals surface area contributed by atoms with Crippen molar-refractivity contribution in [2.24, 2.45) is 17.3 Å².